The fraction of sp³-hybridized carbons (Fsp3) is 0.111. The first-order valence-corrected chi connectivity index (χ1v) is 7.10. The van der Waals surface area contributed by atoms with Crippen LogP contribution in [0.15, 0.2) is 48.5 Å². The average molecular weight is 310 g/mol. The number of nitrogens with zero attached hydrogens (tertiary/aromatic N) is 1. The summed E-state index contributed by atoms with van der Waals surface area (Å²) in [6.45, 7) is 1.98. The molecule has 1 N–H and O–H groups in total. The first-order chi connectivity index (χ1) is 11.1. The maximum atomic E-state index is 14.1. The van der Waals surface area contributed by atoms with Crippen molar-refractivity contribution in [1.82, 2.24) is 4.98 Å². The molecule has 0 atom stereocenters. The number of benzene rings is 2. The van der Waals surface area contributed by atoms with Gasteiger partial charge in [0.1, 0.15) is 11.3 Å². The van der Waals surface area contributed by atoms with Crippen LogP contribution in [0.5, 0.6) is 0 Å². The zero-order valence-corrected chi connectivity index (χ0v) is 12.8. The Hall–Kier alpha value is -2.95. The van der Waals surface area contributed by atoms with Crippen molar-refractivity contribution in [3.05, 3.63) is 65.6 Å². The van der Waals surface area contributed by atoms with Crippen LogP contribution in [0.2, 0.25) is 0 Å². The summed E-state index contributed by atoms with van der Waals surface area (Å²) in [7, 11) is 1.27. The van der Waals surface area contributed by atoms with Gasteiger partial charge in [-0.3, -0.25) is 0 Å². The van der Waals surface area contributed by atoms with E-state index < -0.39 is 11.8 Å². The van der Waals surface area contributed by atoms with Gasteiger partial charge in [0.25, 0.3) is 0 Å². The third-order valence-electron chi connectivity index (χ3n) is 3.48. The van der Waals surface area contributed by atoms with Gasteiger partial charge in [0, 0.05) is 11.1 Å². The first kappa shape index (κ1) is 15.0. The highest BCUT2D eigenvalue weighted by Gasteiger charge is 2.14. The van der Waals surface area contributed by atoms with E-state index in [9.17, 15) is 9.18 Å². The van der Waals surface area contributed by atoms with Gasteiger partial charge in [-0.1, -0.05) is 24.3 Å². The molecular formula is C18H15FN2O2. The van der Waals surface area contributed by atoms with Crippen molar-refractivity contribution in [2.24, 2.45) is 0 Å². The van der Waals surface area contributed by atoms with E-state index in [1.165, 1.54) is 13.2 Å². The van der Waals surface area contributed by atoms with Crippen LogP contribution < -0.4 is 5.32 Å². The number of anilines is 2. The number of halogens is 1. The van der Waals surface area contributed by atoms with E-state index in [0.29, 0.717) is 11.1 Å². The quantitative estimate of drug-likeness (QED) is 0.736. The monoisotopic (exact) mass is 310 g/mol. The molecule has 0 aliphatic rings. The molecule has 1 aromatic heterocycles. The molecule has 4 nitrogen and oxygen atoms in total. The summed E-state index contributed by atoms with van der Waals surface area (Å²) in [4.78, 5) is 15.9. The number of carbonyl (C=O) groups excluding carboxylic acids is 1. The Balaban J connectivity index is 2.17. The van der Waals surface area contributed by atoms with Gasteiger partial charge in [0.15, 0.2) is 5.69 Å². The molecule has 0 radical (unpaired) electrons. The van der Waals surface area contributed by atoms with Gasteiger partial charge in [-0.25, -0.2) is 14.2 Å². The van der Waals surface area contributed by atoms with Crippen molar-refractivity contribution >= 4 is 28.2 Å². The SMILES string of the molecule is COC(=O)c1cc(Nc2cccc(C)c2)c2cccc(F)c2n1. The van der Waals surface area contributed by atoms with E-state index in [4.69, 9.17) is 4.74 Å². The molecule has 3 rings (SSSR count). The number of hydrogen-bond acceptors (Lipinski definition) is 4. The second-order valence-corrected chi connectivity index (χ2v) is 5.18. The van der Waals surface area contributed by atoms with Gasteiger partial charge in [0.2, 0.25) is 0 Å². The summed E-state index contributed by atoms with van der Waals surface area (Å²) >= 11 is 0. The highest BCUT2D eigenvalue weighted by Crippen LogP contribution is 2.28. The summed E-state index contributed by atoms with van der Waals surface area (Å²) in [6, 6.07) is 14.0. The minimum Gasteiger partial charge on any atom is -0.464 e. The lowest BCUT2D eigenvalue weighted by Crippen LogP contribution is -2.06. The lowest BCUT2D eigenvalue weighted by molar-refractivity contribution is 0.0594. The predicted molar refractivity (Wildman–Crippen MR) is 87.5 cm³/mol. The summed E-state index contributed by atoms with van der Waals surface area (Å²) in [5.74, 6) is -1.09. The first-order valence-electron chi connectivity index (χ1n) is 7.10. The van der Waals surface area contributed by atoms with Crippen molar-refractivity contribution in [2.75, 3.05) is 12.4 Å². The second kappa shape index (κ2) is 6.04. The molecule has 0 bridgehead atoms. The lowest BCUT2D eigenvalue weighted by atomic mass is 10.1. The van der Waals surface area contributed by atoms with Gasteiger partial charge in [-0.2, -0.15) is 0 Å². The topological polar surface area (TPSA) is 51.2 Å². The molecule has 23 heavy (non-hydrogen) atoms. The van der Waals surface area contributed by atoms with Crippen molar-refractivity contribution in [3.8, 4) is 0 Å². The van der Waals surface area contributed by atoms with E-state index in [1.807, 2.05) is 31.2 Å². The minimum atomic E-state index is -0.609. The number of pyridine rings is 1. The molecule has 0 unspecified atom stereocenters. The van der Waals surface area contributed by atoms with Crippen molar-refractivity contribution in [3.63, 3.8) is 0 Å². The molecule has 3 aromatic rings. The zero-order valence-electron chi connectivity index (χ0n) is 12.8. The standard InChI is InChI=1S/C18H15FN2O2/c1-11-5-3-6-12(9-11)20-15-10-16(18(22)23-2)21-17-13(15)7-4-8-14(17)19/h3-10H,1-2H3,(H,20,21). The number of carbonyl (C=O) groups is 1. The maximum Gasteiger partial charge on any atom is 0.356 e. The molecule has 0 fully saturated rings. The van der Waals surface area contributed by atoms with Crippen LogP contribution in [0.1, 0.15) is 16.1 Å². The molecule has 0 saturated heterocycles. The number of nitrogens with one attached hydrogen (secondary N) is 1. The minimum absolute atomic E-state index is 0.0558. The number of esters is 1. The highest BCUT2D eigenvalue weighted by atomic mass is 19.1. The number of methoxy groups -OCH3 is 1. The summed E-state index contributed by atoms with van der Waals surface area (Å²) in [5.41, 5.74) is 2.72. The van der Waals surface area contributed by atoms with Crippen LogP contribution in [0.4, 0.5) is 15.8 Å². The van der Waals surface area contributed by atoms with Crippen LogP contribution in [-0.4, -0.2) is 18.1 Å². The fourth-order valence-electron chi connectivity index (χ4n) is 2.40. The Morgan fingerprint density at radius 3 is 2.70 bits per heavy atom. The molecule has 0 saturated carbocycles. The maximum absolute atomic E-state index is 14.1. The third-order valence-corrected chi connectivity index (χ3v) is 3.48. The molecule has 2 aromatic carbocycles. The highest BCUT2D eigenvalue weighted by molar-refractivity contribution is 5.99. The summed E-state index contributed by atoms with van der Waals surface area (Å²) < 4.78 is 18.8. The van der Waals surface area contributed by atoms with Crippen molar-refractivity contribution in [2.45, 2.75) is 6.92 Å². The van der Waals surface area contributed by atoms with Crippen molar-refractivity contribution in [1.29, 1.82) is 0 Å². The van der Waals surface area contributed by atoms with Crippen LogP contribution in [0, 0.1) is 12.7 Å². The third kappa shape index (κ3) is 2.99. The van der Waals surface area contributed by atoms with Crippen LogP contribution in [0.3, 0.4) is 0 Å². The number of fused-ring (bicyclic) bond motifs is 1. The van der Waals surface area contributed by atoms with Gasteiger partial charge in [-0.15, -0.1) is 0 Å². The second-order valence-electron chi connectivity index (χ2n) is 5.18. The largest absolute Gasteiger partial charge is 0.464 e. The molecule has 116 valence electrons. The summed E-state index contributed by atoms with van der Waals surface area (Å²) in [5, 5.41) is 3.82. The van der Waals surface area contributed by atoms with Crippen LogP contribution in [-0.2, 0) is 4.74 Å². The zero-order chi connectivity index (χ0) is 16.4. The Morgan fingerprint density at radius 2 is 1.96 bits per heavy atom. The fourth-order valence-corrected chi connectivity index (χ4v) is 2.40. The Morgan fingerprint density at radius 1 is 1.17 bits per heavy atom. The normalized spacial score (nSPS) is 10.6. The van der Waals surface area contributed by atoms with E-state index in [2.05, 4.69) is 10.3 Å². The number of rotatable bonds is 3. The Labute approximate surface area is 132 Å². The summed E-state index contributed by atoms with van der Waals surface area (Å²) in [6.07, 6.45) is 0. The Bertz CT molecular complexity index is 893. The molecule has 0 spiro atoms. The Kier molecular flexibility index (Phi) is 3.93. The van der Waals surface area contributed by atoms with Gasteiger partial charge < -0.3 is 10.1 Å². The molecular weight excluding hydrogens is 295 g/mol. The number of para-hydroxylation sites is 1. The predicted octanol–water partition coefficient (Wildman–Crippen LogP) is 4.21. The van der Waals surface area contributed by atoms with Crippen molar-refractivity contribution < 1.29 is 13.9 Å². The van der Waals surface area contributed by atoms with E-state index in [0.717, 1.165) is 11.3 Å². The van der Waals surface area contributed by atoms with Crippen LogP contribution in [0.25, 0.3) is 10.9 Å². The van der Waals surface area contributed by atoms with Crippen LogP contribution >= 0.6 is 0 Å². The molecule has 1 heterocycles. The average Bonchev–Trinajstić information content (AvgIpc) is 2.55. The van der Waals surface area contributed by atoms with Gasteiger partial charge >= 0.3 is 5.97 Å². The number of hydrogen-bond donors (Lipinski definition) is 1. The number of aromatic nitrogens is 1. The van der Waals surface area contributed by atoms with Gasteiger partial charge in [-0.05, 0) is 36.8 Å². The lowest BCUT2D eigenvalue weighted by Gasteiger charge is -2.12. The molecule has 0 aliphatic heterocycles. The number of ether oxygens (including phenoxy) is 1. The molecule has 5 heteroatoms. The van der Waals surface area contributed by atoms with E-state index in [1.54, 1.807) is 18.2 Å². The van der Waals surface area contributed by atoms with Gasteiger partial charge in [0.05, 0.1) is 12.8 Å². The van der Waals surface area contributed by atoms with E-state index in [-0.39, 0.29) is 11.2 Å². The van der Waals surface area contributed by atoms with E-state index >= 15 is 0 Å². The molecule has 0 aliphatic carbocycles. The number of aryl methyl sites for hydroxylation is 1. The molecule has 0 amide bonds. The smallest absolute Gasteiger partial charge is 0.356 e.